The van der Waals surface area contributed by atoms with Gasteiger partial charge in [-0.2, -0.15) is 0 Å². The molecule has 0 heterocycles. The van der Waals surface area contributed by atoms with E-state index in [1.807, 2.05) is 13.8 Å². The number of rotatable bonds is 14. The number of esters is 1. The van der Waals surface area contributed by atoms with Gasteiger partial charge in [-0.3, -0.25) is 0 Å². The highest BCUT2D eigenvalue weighted by atomic mass is 16.5. The molecule has 0 aromatic heterocycles. The summed E-state index contributed by atoms with van der Waals surface area (Å²) in [5.41, 5.74) is 0. The Morgan fingerprint density at radius 2 is 1.56 bits per heavy atom. The summed E-state index contributed by atoms with van der Waals surface area (Å²) in [6.07, 6.45) is 6.54. The molecule has 0 rings (SSSR count). The van der Waals surface area contributed by atoms with Crippen molar-refractivity contribution in [3.05, 3.63) is 0 Å². The lowest BCUT2D eigenvalue weighted by molar-refractivity contribution is -0.144. The molecule has 0 spiro atoms. The summed E-state index contributed by atoms with van der Waals surface area (Å²) in [4.78, 5) is 26.3. The summed E-state index contributed by atoms with van der Waals surface area (Å²) in [5.74, 6) is -0.355. The van der Waals surface area contributed by atoms with Crippen molar-refractivity contribution in [3.63, 3.8) is 0 Å². The topological polar surface area (TPSA) is 70.7 Å². The fourth-order valence-electron chi connectivity index (χ4n) is 2.59. The third-order valence-corrected chi connectivity index (χ3v) is 4.55. The number of ether oxygens (including phenoxy) is 1. The molecule has 0 aliphatic carbocycles. The van der Waals surface area contributed by atoms with Gasteiger partial charge in [0.25, 0.3) is 0 Å². The van der Waals surface area contributed by atoms with Crippen LogP contribution in [-0.4, -0.2) is 56.2 Å². The van der Waals surface area contributed by atoms with E-state index in [1.54, 1.807) is 0 Å². The van der Waals surface area contributed by atoms with Crippen LogP contribution in [0.2, 0.25) is 0 Å². The molecule has 2 unspecified atom stereocenters. The summed E-state index contributed by atoms with van der Waals surface area (Å²) in [7, 11) is 1.35. The number of methoxy groups -OCH3 is 1. The fourth-order valence-corrected chi connectivity index (χ4v) is 2.59. The molecule has 2 amide bonds. The number of urea groups is 1. The standard InChI is InChI=1S/C19H39N3O3/c1-6-9-13-22(14-10-7-2)15-11-12-20-19(24)21-17(16(4)8-3)18(23)25-5/h16-17H,6-15H2,1-5H3,(H2,20,21,24). The average molecular weight is 358 g/mol. The second-order valence-electron chi connectivity index (χ2n) is 6.69. The van der Waals surface area contributed by atoms with Crippen molar-refractivity contribution in [1.29, 1.82) is 0 Å². The van der Waals surface area contributed by atoms with Crippen LogP contribution >= 0.6 is 0 Å². The van der Waals surface area contributed by atoms with Crippen molar-refractivity contribution in [2.24, 2.45) is 5.92 Å². The Morgan fingerprint density at radius 3 is 2.04 bits per heavy atom. The normalized spacial score (nSPS) is 13.4. The number of amides is 2. The highest BCUT2D eigenvalue weighted by Crippen LogP contribution is 2.09. The van der Waals surface area contributed by atoms with Crippen LogP contribution in [0.1, 0.15) is 66.2 Å². The van der Waals surface area contributed by atoms with E-state index < -0.39 is 12.0 Å². The smallest absolute Gasteiger partial charge is 0.328 e. The third kappa shape index (κ3) is 11.0. The number of unbranched alkanes of at least 4 members (excludes halogenated alkanes) is 2. The van der Waals surface area contributed by atoms with E-state index in [2.05, 4.69) is 29.4 Å². The van der Waals surface area contributed by atoms with E-state index in [9.17, 15) is 9.59 Å². The Kier molecular flexibility index (Phi) is 14.2. The molecule has 6 heteroatoms. The average Bonchev–Trinajstić information content (AvgIpc) is 2.63. The van der Waals surface area contributed by atoms with Crippen molar-refractivity contribution in [2.75, 3.05) is 33.3 Å². The molecule has 148 valence electrons. The second-order valence-corrected chi connectivity index (χ2v) is 6.69. The van der Waals surface area contributed by atoms with Crippen LogP contribution in [0, 0.1) is 5.92 Å². The van der Waals surface area contributed by atoms with Crippen molar-refractivity contribution in [1.82, 2.24) is 15.5 Å². The number of hydrogen-bond acceptors (Lipinski definition) is 4. The molecule has 0 saturated carbocycles. The minimum Gasteiger partial charge on any atom is -0.467 e. The van der Waals surface area contributed by atoms with Crippen molar-refractivity contribution >= 4 is 12.0 Å². The van der Waals surface area contributed by atoms with Crippen molar-refractivity contribution < 1.29 is 14.3 Å². The van der Waals surface area contributed by atoms with Gasteiger partial charge in [0.2, 0.25) is 0 Å². The fraction of sp³-hybridized carbons (Fsp3) is 0.895. The predicted octanol–water partition coefficient (Wildman–Crippen LogP) is 3.17. The zero-order chi connectivity index (χ0) is 19.1. The van der Waals surface area contributed by atoms with Crippen molar-refractivity contribution in [3.8, 4) is 0 Å². The monoisotopic (exact) mass is 357 g/mol. The molecule has 2 N–H and O–H groups in total. The summed E-state index contributed by atoms with van der Waals surface area (Å²) in [6, 6.07) is -0.898. The summed E-state index contributed by atoms with van der Waals surface area (Å²) >= 11 is 0. The van der Waals surface area contributed by atoms with E-state index in [4.69, 9.17) is 4.74 Å². The Bertz CT molecular complexity index is 356. The minimum atomic E-state index is -0.597. The number of hydrogen-bond donors (Lipinski definition) is 2. The van der Waals surface area contributed by atoms with Crippen LogP contribution < -0.4 is 10.6 Å². The Hall–Kier alpha value is -1.30. The number of carbonyl (C=O) groups is 2. The number of nitrogens with zero attached hydrogens (tertiary/aromatic N) is 1. The molecule has 0 aromatic rings. The highest BCUT2D eigenvalue weighted by Gasteiger charge is 2.26. The van der Waals surface area contributed by atoms with Gasteiger partial charge in [-0.15, -0.1) is 0 Å². The van der Waals surface area contributed by atoms with E-state index in [1.165, 1.54) is 32.8 Å². The molecule has 0 aromatic carbocycles. The van der Waals surface area contributed by atoms with Gasteiger partial charge in [0.15, 0.2) is 0 Å². The zero-order valence-electron chi connectivity index (χ0n) is 16.9. The molecule has 25 heavy (non-hydrogen) atoms. The summed E-state index contributed by atoms with van der Waals surface area (Å²) in [5, 5.41) is 5.59. The molecule has 0 fully saturated rings. The largest absolute Gasteiger partial charge is 0.467 e. The number of carbonyl (C=O) groups excluding carboxylic acids is 2. The maximum Gasteiger partial charge on any atom is 0.328 e. The quantitative estimate of drug-likeness (QED) is 0.370. The van der Waals surface area contributed by atoms with Crippen molar-refractivity contribution in [2.45, 2.75) is 72.3 Å². The minimum absolute atomic E-state index is 0.0387. The van der Waals surface area contributed by atoms with Gasteiger partial charge in [0, 0.05) is 6.54 Å². The molecule has 2 atom stereocenters. The van der Waals surface area contributed by atoms with Crippen LogP contribution in [0.4, 0.5) is 4.79 Å². The highest BCUT2D eigenvalue weighted by molar-refractivity contribution is 5.83. The zero-order valence-corrected chi connectivity index (χ0v) is 16.9. The maximum atomic E-state index is 12.0. The van der Waals surface area contributed by atoms with Crippen LogP contribution in [0.15, 0.2) is 0 Å². The van der Waals surface area contributed by atoms with Gasteiger partial charge >= 0.3 is 12.0 Å². The molecular weight excluding hydrogens is 318 g/mol. The summed E-state index contributed by atoms with van der Waals surface area (Å²) in [6.45, 7) is 12.2. The van der Waals surface area contributed by atoms with Crippen LogP contribution in [0.5, 0.6) is 0 Å². The first-order valence-electron chi connectivity index (χ1n) is 9.84. The number of nitrogens with one attached hydrogen (secondary N) is 2. The van der Waals surface area contributed by atoms with E-state index in [0.29, 0.717) is 6.54 Å². The summed E-state index contributed by atoms with van der Waals surface area (Å²) < 4.78 is 4.78. The van der Waals surface area contributed by atoms with Gasteiger partial charge in [-0.1, -0.05) is 47.0 Å². The third-order valence-electron chi connectivity index (χ3n) is 4.55. The lowest BCUT2D eigenvalue weighted by Crippen LogP contribution is -2.49. The lowest BCUT2D eigenvalue weighted by Gasteiger charge is -2.23. The van der Waals surface area contributed by atoms with Crippen LogP contribution in [0.3, 0.4) is 0 Å². The second kappa shape index (κ2) is 15.0. The van der Waals surface area contributed by atoms with Gasteiger partial charge in [0.1, 0.15) is 6.04 Å². The van der Waals surface area contributed by atoms with E-state index in [0.717, 1.165) is 32.5 Å². The molecule has 0 aliphatic rings. The molecule has 0 saturated heterocycles. The van der Waals surface area contributed by atoms with E-state index in [-0.39, 0.29) is 11.9 Å². The molecule has 0 bridgehead atoms. The SMILES string of the molecule is CCCCN(CCCC)CCCNC(=O)NC(C(=O)OC)C(C)CC. The van der Waals surface area contributed by atoms with Crippen LogP contribution in [-0.2, 0) is 9.53 Å². The first kappa shape index (κ1) is 23.7. The van der Waals surface area contributed by atoms with E-state index >= 15 is 0 Å². The van der Waals surface area contributed by atoms with Gasteiger partial charge in [0.05, 0.1) is 7.11 Å². The Labute approximate surface area is 154 Å². The van der Waals surface area contributed by atoms with Gasteiger partial charge in [-0.25, -0.2) is 9.59 Å². The van der Waals surface area contributed by atoms with Gasteiger partial charge < -0.3 is 20.3 Å². The maximum absolute atomic E-state index is 12.0. The first-order chi connectivity index (χ1) is 12.0. The molecule has 6 nitrogen and oxygen atoms in total. The lowest BCUT2D eigenvalue weighted by atomic mass is 9.99. The van der Waals surface area contributed by atoms with Crippen LogP contribution in [0.25, 0.3) is 0 Å². The molecule has 0 radical (unpaired) electrons. The van der Waals surface area contributed by atoms with Gasteiger partial charge in [-0.05, 0) is 44.8 Å². The first-order valence-corrected chi connectivity index (χ1v) is 9.84. The molecular formula is C19H39N3O3. The predicted molar refractivity (Wildman–Crippen MR) is 103 cm³/mol. The Morgan fingerprint density at radius 1 is 1.00 bits per heavy atom. The Balaban J connectivity index is 4.19. The molecule has 0 aliphatic heterocycles.